The van der Waals surface area contributed by atoms with Crippen molar-refractivity contribution in [3.63, 3.8) is 0 Å². The predicted octanol–water partition coefficient (Wildman–Crippen LogP) is 8.54. The van der Waals surface area contributed by atoms with Gasteiger partial charge in [-0.1, -0.05) is 111 Å². The number of allylic oxidation sites excluding steroid dienone is 15. The molecule has 2 unspecified atom stereocenters. The third-order valence-corrected chi connectivity index (χ3v) is 10.2. The highest BCUT2D eigenvalue weighted by molar-refractivity contribution is 5.96. The van der Waals surface area contributed by atoms with Gasteiger partial charge in [-0.25, -0.2) is 0 Å². The van der Waals surface area contributed by atoms with Gasteiger partial charge in [-0.2, -0.15) is 0 Å². The molecule has 0 aromatic heterocycles. The lowest BCUT2D eigenvalue weighted by atomic mass is 9.61. The highest BCUT2D eigenvalue weighted by Crippen LogP contribution is 2.67. The number of esters is 1. The normalized spacial score (nSPS) is 33.9. The predicted molar refractivity (Wildman–Crippen MR) is 191 cm³/mol. The molecule has 3 aliphatic rings. The highest BCUT2D eigenvalue weighted by Gasteiger charge is 2.76. The van der Waals surface area contributed by atoms with Gasteiger partial charge in [0.25, 0.3) is 0 Å². The van der Waals surface area contributed by atoms with Crippen molar-refractivity contribution in [2.75, 3.05) is 0 Å². The average molecular weight is 647 g/mol. The van der Waals surface area contributed by atoms with Crippen LogP contribution in [0.3, 0.4) is 0 Å². The quantitative estimate of drug-likeness (QED) is 0.101. The van der Waals surface area contributed by atoms with Crippen molar-refractivity contribution in [1.29, 1.82) is 0 Å². The molecule has 1 aliphatic heterocycles. The van der Waals surface area contributed by atoms with E-state index >= 15 is 0 Å². The molecule has 6 nitrogen and oxygen atoms in total. The first-order valence-electron chi connectivity index (χ1n) is 16.9. The van der Waals surface area contributed by atoms with Crippen LogP contribution in [-0.2, 0) is 19.1 Å². The van der Waals surface area contributed by atoms with Crippen molar-refractivity contribution in [2.24, 2.45) is 10.8 Å². The Balaban J connectivity index is 1.54. The molecule has 1 saturated heterocycles. The van der Waals surface area contributed by atoms with Gasteiger partial charge in [-0.05, 0) is 76.4 Å². The van der Waals surface area contributed by atoms with E-state index in [-0.39, 0.29) is 34.8 Å². The molecule has 2 saturated carbocycles. The SMILES string of the molecule is CC(=O)OC1CC(C)(C)\C(=C/C(C)=C/C=C/C(C)=C/C=C/C=C(C)/C=C/C=C(\C)C(=O)C[C@]23O[C@@]2(C)C[C@H](O)CC3(C)C)C(C)(O)C1. The van der Waals surface area contributed by atoms with Crippen LogP contribution in [0.4, 0.5) is 0 Å². The van der Waals surface area contributed by atoms with Crippen LogP contribution in [0.15, 0.2) is 94.7 Å². The summed E-state index contributed by atoms with van der Waals surface area (Å²) in [6.45, 7) is 21.5. The lowest BCUT2D eigenvalue weighted by molar-refractivity contribution is -0.152. The van der Waals surface area contributed by atoms with Crippen molar-refractivity contribution in [2.45, 2.75) is 137 Å². The summed E-state index contributed by atoms with van der Waals surface area (Å²) < 4.78 is 11.6. The van der Waals surface area contributed by atoms with Gasteiger partial charge in [-0.15, -0.1) is 0 Å². The zero-order valence-electron chi connectivity index (χ0n) is 30.6. The van der Waals surface area contributed by atoms with Crippen molar-refractivity contribution in [3.8, 4) is 0 Å². The second-order valence-electron chi connectivity index (χ2n) is 15.7. The van der Waals surface area contributed by atoms with Crippen LogP contribution < -0.4 is 0 Å². The van der Waals surface area contributed by atoms with Gasteiger partial charge < -0.3 is 19.7 Å². The molecule has 2 aliphatic carbocycles. The Morgan fingerprint density at radius 3 is 1.87 bits per heavy atom. The first-order valence-corrected chi connectivity index (χ1v) is 16.9. The number of epoxide rings is 1. The van der Waals surface area contributed by atoms with Crippen molar-refractivity contribution < 1.29 is 29.3 Å². The number of fused-ring (bicyclic) bond motifs is 1. The van der Waals surface area contributed by atoms with Crippen molar-refractivity contribution >= 4 is 11.8 Å². The third-order valence-electron chi connectivity index (χ3n) is 10.2. The van der Waals surface area contributed by atoms with E-state index in [1.807, 2.05) is 95.4 Å². The molecular weight excluding hydrogens is 588 g/mol. The number of aliphatic hydroxyl groups excluding tert-OH is 1. The molecule has 0 bridgehead atoms. The first kappa shape index (κ1) is 38.4. The molecule has 3 rings (SSSR count). The highest BCUT2D eigenvalue weighted by atomic mass is 16.6. The van der Waals surface area contributed by atoms with E-state index < -0.39 is 16.8 Å². The summed E-state index contributed by atoms with van der Waals surface area (Å²) in [5, 5.41) is 21.5. The van der Waals surface area contributed by atoms with E-state index in [9.17, 15) is 19.8 Å². The van der Waals surface area contributed by atoms with Gasteiger partial charge in [0.05, 0.1) is 17.3 Å². The fraction of sp³-hybridized carbons (Fsp3) is 0.561. The maximum absolute atomic E-state index is 13.1. The van der Waals surface area contributed by atoms with Gasteiger partial charge in [0.2, 0.25) is 0 Å². The topological polar surface area (TPSA) is 96.4 Å². The van der Waals surface area contributed by atoms with E-state index in [1.165, 1.54) is 6.92 Å². The Kier molecular flexibility index (Phi) is 11.9. The Morgan fingerprint density at radius 2 is 1.34 bits per heavy atom. The van der Waals surface area contributed by atoms with Gasteiger partial charge in [0.1, 0.15) is 11.7 Å². The van der Waals surface area contributed by atoms with Crippen LogP contribution in [0.5, 0.6) is 0 Å². The first-order chi connectivity index (χ1) is 21.6. The molecule has 0 radical (unpaired) electrons. The number of rotatable bonds is 11. The summed E-state index contributed by atoms with van der Waals surface area (Å²) >= 11 is 0. The summed E-state index contributed by atoms with van der Waals surface area (Å²) in [5.74, 6) is -0.234. The average Bonchev–Trinajstić information content (AvgIpc) is 3.52. The van der Waals surface area contributed by atoms with Crippen LogP contribution in [0, 0.1) is 10.8 Å². The molecular formula is C41H58O6. The number of carbonyl (C=O) groups is 2. The number of ether oxygens (including phenoxy) is 2. The molecule has 258 valence electrons. The molecule has 2 N–H and O–H groups in total. The molecule has 5 atom stereocenters. The fourth-order valence-corrected chi connectivity index (χ4v) is 7.82. The molecule has 6 heteroatoms. The minimum atomic E-state index is -1.05. The van der Waals surface area contributed by atoms with Crippen LogP contribution in [0.1, 0.15) is 108 Å². The Labute approximate surface area is 283 Å². The van der Waals surface area contributed by atoms with Gasteiger partial charge >= 0.3 is 5.97 Å². The summed E-state index contributed by atoms with van der Waals surface area (Å²) in [6, 6.07) is 0. The summed E-state index contributed by atoms with van der Waals surface area (Å²) in [4.78, 5) is 24.6. The molecule has 3 fully saturated rings. The summed E-state index contributed by atoms with van der Waals surface area (Å²) in [5.41, 5.74) is 2.28. The number of hydrogen-bond acceptors (Lipinski definition) is 6. The Hall–Kier alpha value is -3.06. The minimum Gasteiger partial charge on any atom is -0.462 e. The maximum atomic E-state index is 13.1. The molecule has 0 aromatic rings. The van der Waals surface area contributed by atoms with Crippen molar-refractivity contribution in [1.82, 2.24) is 0 Å². The zero-order chi connectivity index (χ0) is 35.4. The van der Waals surface area contributed by atoms with E-state index in [0.717, 1.165) is 22.3 Å². The van der Waals surface area contributed by atoms with E-state index in [1.54, 1.807) is 6.92 Å². The third kappa shape index (κ3) is 9.52. The van der Waals surface area contributed by atoms with E-state index in [2.05, 4.69) is 33.8 Å². The second kappa shape index (κ2) is 14.6. The Morgan fingerprint density at radius 1 is 0.787 bits per heavy atom. The Bertz CT molecular complexity index is 1440. The number of carbonyl (C=O) groups excluding carboxylic acids is 2. The largest absolute Gasteiger partial charge is 0.462 e. The molecule has 0 aromatic carbocycles. The van der Waals surface area contributed by atoms with Crippen molar-refractivity contribution in [3.05, 3.63) is 94.7 Å². The number of hydrogen-bond donors (Lipinski definition) is 2. The minimum absolute atomic E-state index is 0.0822. The van der Waals surface area contributed by atoms with Crippen LogP contribution in [0.25, 0.3) is 0 Å². The molecule has 47 heavy (non-hydrogen) atoms. The maximum Gasteiger partial charge on any atom is 0.302 e. The smallest absolute Gasteiger partial charge is 0.302 e. The molecule has 1 heterocycles. The number of ketones is 1. The zero-order valence-corrected chi connectivity index (χ0v) is 30.6. The van der Waals surface area contributed by atoms with Gasteiger partial charge in [0, 0.05) is 26.2 Å². The summed E-state index contributed by atoms with van der Waals surface area (Å²) in [6.07, 6.45) is 23.9. The number of Topliss-reactive ketones (excluding diaryl/α,β-unsaturated/α-hetero) is 1. The monoisotopic (exact) mass is 646 g/mol. The van der Waals surface area contributed by atoms with Crippen LogP contribution >= 0.6 is 0 Å². The fourth-order valence-electron chi connectivity index (χ4n) is 7.82. The molecule has 0 spiro atoms. The summed E-state index contributed by atoms with van der Waals surface area (Å²) in [7, 11) is 0. The lowest BCUT2D eigenvalue weighted by Crippen LogP contribution is -2.48. The van der Waals surface area contributed by atoms with Gasteiger partial charge in [0.15, 0.2) is 5.78 Å². The molecule has 0 amide bonds. The number of aliphatic hydroxyl groups is 2. The standard InChI is InChI=1S/C41H58O6/c1-28(18-14-20-30(3)22-36-37(6,7)25-34(46-32(5)42)26-39(36,10)45)16-12-13-17-29(2)19-15-21-31(4)35(44)27-41-38(8,9)23-33(43)24-40(41,11)47-41/h12-22,33-34,43,45H,23-27H2,1-11H3/b13-12+,18-14+,19-15+,28-16+,29-17+,30-20+,31-21+,36-22+/t33-,34?,39?,40+,41-/m1/s1. The van der Waals surface area contributed by atoms with E-state index in [4.69, 9.17) is 9.47 Å². The lowest BCUT2D eigenvalue weighted by Gasteiger charge is -2.46. The van der Waals surface area contributed by atoms with E-state index in [0.29, 0.717) is 37.7 Å². The van der Waals surface area contributed by atoms with Crippen LogP contribution in [0.2, 0.25) is 0 Å². The second-order valence-corrected chi connectivity index (χ2v) is 15.7. The van der Waals surface area contributed by atoms with Gasteiger partial charge in [-0.3, -0.25) is 9.59 Å². The van der Waals surface area contributed by atoms with Crippen LogP contribution in [-0.4, -0.2) is 51.0 Å².